The molecule has 0 amide bonds. The Balaban J connectivity index is 1.96. The molecular formula is C17H27NO2S. The van der Waals surface area contributed by atoms with Gasteiger partial charge in [-0.25, -0.2) is 8.42 Å². The van der Waals surface area contributed by atoms with Gasteiger partial charge in [0, 0.05) is 18.8 Å². The van der Waals surface area contributed by atoms with Crippen LogP contribution in [0.3, 0.4) is 0 Å². The van der Waals surface area contributed by atoms with Gasteiger partial charge < -0.3 is 5.32 Å². The minimum absolute atomic E-state index is 0.119. The lowest BCUT2D eigenvalue weighted by atomic mass is 9.91. The van der Waals surface area contributed by atoms with Crippen molar-refractivity contribution < 1.29 is 8.42 Å². The summed E-state index contributed by atoms with van der Waals surface area (Å²) < 4.78 is 22.8. The van der Waals surface area contributed by atoms with Gasteiger partial charge in [0.25, 0.3) is 0 Å². The van der Waals surface area contributed by atoms with Gasteiger partial charge in [-0.1, -0.05) is 45.0 Å². The molecule has 4 heteroatoms. The van der Waals surface area contributed by atoms with E-state index in [2.05, 4.69) is 32.2 Å². The van der Waals surface area contributed by atoms with Gasteiger partial charge in [-0.3, -0.25) is 0 Å². The normalized spacial score (nSPS) is 25.1. The zero-order valence-corrected chi connectivity index (χ0v) is 14.3. The number of rotatable bonds is 5. The molecule has 1 aliphatic rings. The molecule has 0 unspecified atom stereocenters. The summed E-state index contributed by atoms with van der Waals surface area (Å²) in [5.74, 6) is 0.812. The van der Waals surface area contributed by atoms with Gasteiger partial charge in [0.1, 0.15) is 0 Å². The van der Waals surface area contributed by atoms with E-state index in [1.165, 1.54) is 19.1 Å². The van der Waals surface area contributed by atoms with Crippen LogP contribution in [0.4, 0.5) is 0 Å². The van der Waals surface area contributed by atoms with Gasteiger partial charge >= 0.3 is 0 Å². The largest absolute Gasteiger partial charge is 0.310 e. The van der Waals surface area contributed by atoms with Gasteiger partial charge in [-0.2, -0.15) is 0 Å². The van der Waals surface area contributed by atoms with Crippen LogP contribution in [0.2, 0.25) is 0 Å². The molecule has 0 aliphatic heterocycles. The third-order valence-corrected chi connectivity index (χ3v) is 5.18. The molecule has 1 aromatic rings. The smallest absolute Gasteiger partial charge is 0.151 e. The first-order chi connectivity index (χ1) is 9.65. The summed E-state index contributed by atoms with van der Waals surface area (Å²) in [5.41, 5.74) is 2.46. The van der Waals surface area contributed by atoms with E-state index in [9.17, 15) is 8.42 Å². The molecule has 1 aliphatic carbocycles. The van der Waals surface area contributed by atoms with Crippen molar-refractivity contribution in [3.8, 4) is 0 Å². The van der Waals surface area contributed by atoms with Crippen LogP contribution < -0.4 is 5.32 Å². The predicted molar refractivity (Wildman–Crippen MR) is 87.8 cm³/mol. The van der Waals surface area contributed by atoms with Crippen molar-refractivity contribution in [2.45, 2.75) is 52.0 Å². The molecule has 1 fully saturated rings. The van der Waals surface area contributed by atoms with E-state index in [1.807, 2.05) is 18.2 Å². The highest BCUT2D eigenvalue weighted by Crippen LogP contribution is 2.40. The highest BCUT2D eigenvalue weighted by atomic mass is 32.2. The Morgan fingerprint density at radius 3 is 2.48 bits per heavy atom. The summed E-state index contributed by atoms with van der Waals surface area (Å²) in [7, 11) is -2.97. The fraction of sp³-hybridized carbons (Fsp3) is 0.647. The quantitative estimate of drug-likeness (QED) is 0.909. The minimum Gasteiger partial charge on any atom is -0.310 e. The van der Waals surface area contributed by atoms with Gasteiger partial charge in [-0.05, 0) is 35.3 Å². The van der Waals surface area contributed by atoms with Crippen LogP contribution in [-0.4, -0.2) is 20.7 Å². The molecule has 0 heterocycles. The molecular weight excluding hydrogens is 282 g/mol. The molecule has 0 aromatic heterocycles. The average molecular weight is 309 g/mol. The van der Waals surface area contributed by atoms with Crippen LogP contribution in [-0.2, 0) is 22.1 Å². The van der Waals surface area contributed by atoms with Crippen molar-refractivity contribution in [3.63, 3.8) is 0 Å². The fourth-order valence-corrected chi connectivity index (χ4v) is 4.33. The Morgan fingerprint density at radius 1 is 1.24 bits per heavy atom. The summed E-state index contributed by atoms with van der Waals surface area (Å²) >= 11 is 0. The number of benzene rings is 1. The van der Waals surface area contributed by atoms with E-state index >= 15 is 0 Å². The maximum absolute atomic E-state index is 11.4. The molecule has 2 atom stereocenters. The first kappa shape index (κ1) is 16.5. The van der Waals surface area contributed by atoms with Crippen molar-refractivity contribution in [1.29, 1.82) is 0 Å². The Morgan fingerprint density at radius 2 is 1.90 bits per heavy atom. The lowest BCUT2D eigenvalue weighted by Crippen LogP contribution is -2.31. The van der Waals surface area contributed by atoms with E-state index in [4.69, 9.17) is 0 Å². The Bertz CT molecular complexity index is 593. The predicted octanol–water partition coefficient (Wildman–Crippen LogP) is 3.15. The molecule has 0 spiro atoms. The van der Waals surface area contributed by atoms with Crippen LogP contribution in [0, 0.1) is 11.3 Å². The van der Waals surface area contributed by atoms with Crippen molar-refractivity contribution in [1.82, 2.24) is 5.32 Å². The lowest BCUT2D eigenvalue weighted by molar-refractivity contribution is 0.362. The molecule has 0 radical (unpaired) electrons. The number of hydrogen-bond acceptors (Lipinski definition) is 3. The Hall–Kier alpha value is -0.870. The van der Waals surface area contributed by atoms with Crippen molar-refractivity contribution in [2.24, 2.45) is 11.3 Å². The van der Waals surface area contributed by atoms with Gasteiger partial charge in [0.05, 0.1) is 5.75 Å². The third-order valence-electron chi connectivity index (χ3n) is 4.32. The SMILES string of the molecule is C[C@@H]1CC(C)(C)C[C@@H]1NCc1cccc(CS(C)(=O)=O)c1. The Kier molecular flexibility index (Phi) is 4.79. The van der Waals surface area contributed by atoms with Crippen LogP contribution in [0.5, 0.6) is 0 Å². The first-order valence-electron chi connectivity index (χ1n) is 7.64. The van der Waals surface area contributed by atoms with Crippen LogP contribution in [0.15, 0.2) is 24.3 Å². The second kappa shape index (κ2) is 6.09. The van der Waals surface area contributed by atoms with Crippen molar-refractivity contribution >= 4 is 9.84 Å². The summed E-state index contributed by atoms with van der Waals surface area (Å²) in [4.78, 5) is 0. The maximum Gasteiger partial charge on any atom is 0.151 e. The highest BCUT2D eigenvalue weighted by Gasteiger charge is 2.36. The van der Waals surface area contributed by atoms with E-state index in [-0.39, 0.29) is 5.75 Å². The Labute approximate surface area is 129 Å². The second-order valence-electron chi connectivity index (χ2n) is 7.43. The number of sulfone groups is 1. The topological polar surface area (TPSA) is 46.2 Å². The average Bonchev–Trinajstić information content (AvgIpc) is 2.58. The summed E-state index contributed by atoms with van der Waals surface area (Å²) in [6.07, 6.45) is 3.75. The summed E-state index contributed by atoms with van der Waals surface area (Å²) in [6, 6.07) is 8.44. The standard InChI is InChI=1S/C17H27NO2S/c1-13-9-17(2,3)10-16(13)18-11-14-6-5-7-15(8-14)12-21(4,19)20/h5-8,13,16,18H,9-12H2,1-4H3/t13-,16+/m1/s1. The number of nitrogens with one attached hydrogen (secondary N) is 1. The van der Waals surface area contributed by atoms with Crippen LogP contribution in [0.25, 0.3) is 0 Å². The zero-order chi connectivity index (χ0) is 15.7. The van der Waals surface area contributed by atoms with Crippen LogP contribution in [0.1, 0.15) is 44.7 Å². The van der Waals surface area contributed by atoms with Gasteiger partial charge in [-0.15, -0.1) is 0 Å². The first-order valence-corrected chi connectivity index (χ1v) is 9.70. The summed E-state index contributed by atoms with van der Waals surface area (Å²) in [6.45, 7) is 7.78. The summed E-state index contributed by atoms with van der Waals surface area (Å²) in [5, 5.41) is 3.64. The molecule has 1 saturated carbocycles. The number of hydrogen-bond donors (Lipinski definition) is 1. The van der Waals surface area contributed by atoms with Gasteiger partial charge in [0.2, 0.25) is 0 Å². The van der Waals surface area contributed by atoms with Gasteiger partial charge in [0.15, 0.2) is 9.84 Å². The maximum atomic E-state index is 11.4. The molecule has 1 aromatic carbocycles. The fourth-order valence-electron chi connectivity index (χ4n) is 3.55. The molecule has 0 saturated heterocycles. The van der Waals surface area contributed by atoms with E-state index in [1.54, 1.807) is 0 Å². The van der Waals surface area contributed by atoms with E-state index in [0.717, 1.165) is 17.7 Å². The van der Waals surface area contributed by atoms with Crippen molar-refractivity contribution in [3.05, 3.63) is 35.4 Å². The molecule has 1 N–H and O–H groups in total. The van der Waals surface area contributed by atoms with E-state index in [0.29, 0.717) is 17.4 Å². The molecule has 0 bridgehead atoms. The monoisotopic (exact) mass is 309 g/mol. The minimum atomic E-state index is -2.97. The molecule has 118 valence electrons. The zero-order valence-electron chi connectivity index (χ0n) is 13.5. The second-order valence-corrected chi connectivity index (χ2v) is 9.57. The lowest BCUT2D eigenvalue weighted by Gasteiger charge is -2.19. The molecule has 2 rings (SSSR count). The molecule has 3 nitrogen and oxygen atoms in total. The third kappa shape index (κ3) is 5.11. The van der Waals surface area contributed by atoms with E-state index < -0.39 is 9.84 Å². The van der Waals surface area contributed by atoms with Crippen molar-refractivity contribution in [2.75, 3.05) is 6.26 Å². The molecule has 21 heavy (non-hydrogen) atoms. The highest BCUT2D eigenvalue weighted by molar-refractivity contribution is 7.89. The van der Waals surface area contributed by atoms with Crippen LogP contribution >= 0.6 is 0 Å².